The first-order valence-electron chi connectivity index (χ1n) is 11.2. The molecule has 0 aliphatic carbocycles. The van der Waals surface area contributed by atoms with Gasteiger partial charge in [-0.1, -0.05) is 50.0 Å². The lowest BCUT2D eigenvalue weighted by atomic mass is 9.93. The largest absolute Gasteiger partial charge is 0.368 e. The highest BCUT2D eigenvalue weighted by molar-refractivity contribution is 7.16. The highest BCUT2D eigenvalue weighted by atomic mass is 35.5. The maximum Gasteiger partial charge on any atom is 0.324 e. The summed E-state index contributed by atoms with van der Waals surface area (Å²) in [6.07, 6.45) is 0. The van der Waals surface area contributed by atoms with Crippen molar-refractivity contribution in [2.24, 2.45) is 5.73 Å². The number of thiophene rings is 1. The average Bonchev–Trinajstić information content (AvgIpc) is 3.18. The van der Waals surface area contributed by atoms with Gasteiger partial charge in [0.25, 0.3) is 5.91 Å². The van der Waals surface area contributed by atoms with Gasteiger partial charge in [0.2, 0.25) is 11.8 Å². The number of halogens is 2. The Hall–Kier alpha value is -2.82. The molecule has 0 unspecified atom stereocenters. The first kappa shape index (κ1) is 27.8. The van der Waals surface area contributed by atoms with Crippen LogP contribution in [0.4, 0.5) is 15.5 Å². The van der Waals surface area contributed by atoms with Crippen molar-refractivity contribution in [2.45, 2.75) is 45.6 Å². The number of nitrogens with one attached hydrogen (secondary N) is 2. The van der Waals surface area contributed by atoms with E-state index in [2.05, 4.69) is 10.6 Å². The standard InChI is InChI=1S/C24H29Cl2N5O4S/c1-23(2,3)16-11-13(19(36-16)29-22(35)28-15-8-6-7-14(25)18(15)26)20(33)31-10-9-30(12-17(27)32)21(34)24(31,4)5/h6-8,11H,9-10,12H2,1-5H3,(H2,27,32)(H2,28,29,35). The molecule has 1 saturated heterocycles. The molecule has 1 aromatic carbocycles. The third-order valence-corrected chi connectivity index (χ3v) is 8.09. The minimum absolute atomic E-state index is 0.170. The van der Waals surface area contributed by atoms with E-state index in [0.29, 0.717) is 15.7 Å². The molecule has 0 atom stereocenters. The molecule has 1 aromatic heterocycles. The van der Waals surface area contributed by atoms with Crippen LogP contribution in [0.15, 0.2) is 24.3 Å². The average molecular weight is 555 g/mol. The molecule has 0 saturated carbocycles. The van der Waals surface area contributed by atoms with Crippen molar-refractivity contribution >= 4 is 69.0 Å². The molecule has 1 fully saturated rings. The summed E-state index contributed by atoms with van der Waals surface area (Å²) in [4.78, 5) is 54.7. The van der Waals surface area contributed by atoms with Gasteiger partial charge in [0, 0.05) is 18.0 Å². The van der Waals surface area contributed by atoms with E-state index in [1.54, 1.807) is 38.1 Å². The zero-order chi connectivity index (χ0) is 27.0. The van der Waals surface area contributed by atoms with E-state index < -0.39 is 23.4 Å². The predicted octanol–water partition coefficient (Wildman–Crippen LogP) is 4.54. The minimum Gasteiger partial charge on any atom is -0.368 e. The monoisotopic (exact) mass is 553 g/mol. The van der Waals surface area contributed by atoms with Gasteiger partial charge in [-0.15, -0.1) is 11.3 Å². The summed E-state index contributed by atoms with van der Waals surface area (Å²) in [6.45, 7) is 9.40. The van der Waals surface area contributed by atoms with Crippen LogP contribution in [0.3, 0.4) is 0 Å². The van der Waals surface area contributed by atoms with Crippen LogP contribution in [0, 0.1) is 0 Å². The molecular weight excluding hydrogens is 525 g/mol. The van der Waals surface area contributed by atoms with Crippen LogP contribution in [0.5, 0.6) is 0 Å². The Labute approximate surface area is 223 Å². The Bertz CT molecular complexity index is 1220. The van der Waals surface area contributed by atoms with E-state index in [0.717, 1.165) is 4.88 Å². The van der Waals surface area contributed by atoms with Crippen LogP contribution in [-0.4, -0.2) is 58.7 Å². The van der Waals surface area contributed by atoms with E-state index >= 15 is 0 Å². The van der Waals surface area contributed by atoms with Crippen LogP contribution in [-0.2, 0) is 15.0 Å². The van der Waals surface area contributed by atoms with Gasteiger partial charge in [0.05, 0.1) is 27.8 Å². The SMILES string of the molecule is CC(C)(C)c1cc(C(=O)N2CCN(CC(N)=O)C(=O)C2(C)C)c(NC(=O)Nc2cccc(Cl)c2Cl)s1. The summed E-state index contributed by atoms with van der Waals surface area (Å²) >= 11 is 13.5. The molecule has 2 aromatic rings. The van der Waals surface area contributed by atoms with Crippen LogP contribution in [0.1, 0.15) is 49.9 Å². The predicted molar refractivity (Wildman–Crippen MR) is 143 cm³/mol. The number of nitrogens with two attached hydrogens (primary N) is 1. The fraction of sp³-hybridized carbons (Fsp3) is 0.417. The number of carbonyl (C=O) groups is 4. The molecule has 1 aliphatic rings. The van der Waals surface area contributed by atoms with Gasteiger partial charge in [0.15, 0.2) is 0 Å². The Morgan fingerprint density at radius 2 is 1.81 bits per heavy atom. The number of hydrogen-bond acceptors (Lipinski definition) is 5. The maximum atomic E-state index is 13.7. The summed E-state index contributed by atoms with van der Waals surface area (Å²) in [5.74, 6) is -1.41. The van der Waals surface area contributed by atoms with Gasteiger partial charge in [-0.2, -0.15) is 0 Å². The number of primary amides is 1. The van der Waals surface area contributed by atoms with E-state index in [1.165, 1.54) is 21.1 Å². The highest BCUT2D eigenvalue weighted by Crippen LogP contribution is 2.38. The molecule has 1 aliphatic heterocycles. The lowest BCUT2D eigenvalue weighted by molar-refractivity contribution is -0.148. The molecule has 36 heavy (non-hydrogen) atoms. The quantitative estimate of drug-likeness (QED) is 0.502. The second-order valence-electron chi connectivity index (χ2n) is 9.99. The third-order valence-electron chi connectivity index (χ3n) is 5.80. The number of carbonyl (C=O) groups excluding carboxylic acids is 4. The summed E-state index contributed by atoms with van der Waals surface area (Å²) < 4.78 is 0. The van der Waals surface area contributed by atoms with Gasteiger partial charge in [-0.05, 0) is 37.5 Å². The summed E-state index contributed by atoms with van der Waals surface area (Å²) in [6, 6.07) is 6.00. The lowest BCUT2D eigenvalue weighted by Crippen LogP contribution is -2.65. The lowest BCUT2D eigenvalue weighted by Gasteiger charge is -2.45. The molecule has 12 heteroatoms. The van der Waals surface area contributed by atoms with Crippen molar-refractivity contribution in [3.63, 3.8) is 0 Å². The minimum atomic E-state index is -1.22. The molecule has 194 valence electrons. The van der Waals surface area contributed by atoms with Crippen molar-refractivity contribution in [1.29, 1.82) is 0 Å². The summed E-state index contributed by atoms with van der Waals surface area (Å²) in [7, 11) is 0. The first-order valence-corrected chi connectivity index (χ1v) is 12.8. The van der Waals surface area contributed by atoms with Crippen molar-refractivity contribution in [1.82, 2.24) is 9.80 Å². The van der Waals surface area contributed by atoms with Gasteiger partial charge in [-0.25, -0.2) is 4.79 Å². The Balaban J connectivity index is 1.91. The first-order chi connectivity index (χ1) is 16.6. The van der Waals surface area contributed by atoms with Gasteiger partial charge >= 0.3 is 6.03 Å². The van der Waals surface area contributed by atoms with Gasteiger partial charge in [0.1, 0.15) is 10.5 Å². The van der Waals surface area contributed by atoms with Crippen LogP contribution in [0.25, 0.3) is 0 Å². The number of nitrogens with zero attached hydrogens (tertiary/aromatic N) is 2. The molecular formula is C24H29Cl2N5O4S. The number of hydrogen-bond donors (Lipinski definition) is 3. The Morgan fingerprint density at radius 1 is 1.14 bits per heavy atom. The summed E-state index contributed by atoms with van der Waals surface area (Å²) in [5.41, 5.74) is 4.34. The van der Waals surface area contributed by atoms with E-state index in [9.17, 15) is 19.2 Å². The summed E-state index contributed by atoms with van der Waals surface area (Å²) in [5, 5.41) is 6.23. The molecule has 3 rings (SSSR count). The Morgan fingerprint density at radius 3 is 2.42 bits per heavy atom. The fourth-order valence-corrected chi connectivity index (χ4v) is 5.26. The zero-order valence-electron chi connectivity index (χ0n) is 20.7. The van der Waals surface area contributed by atoms with E-state index in [4.69, 9.17) is 28.9 Å². The molecule has 2 heterocycles. The second kappa shape index (κ2) is 10.3. The van der Waals surface area contributed by atoms with Crippen molar-refractivity contribution < 1.29 is 19.2 Å². The Kier molecular flexibility index (Phi) is 7.92. The van der Waals surface area contributed by atoms with Gasteiger partial charge < -0.3 is 20.9 Å². The number of anilines is 2. The number of piperazine rings is 1. The zero-order valence-corrected chi connectivity index (χ0v) is 23.0. The third kappa shape index (κ3) is 5.77. The van der Waals surface area contributed by atoms with Crippen LogP contribution < -0.4 is 16.4 Å². The molecule has 0 spiro atoms. The van der Waals surface area contributed by atoms with E-state index in [-0.39, 0.29) is 41.5 Å². The topological polar surface area (TPSA) is 125 Å². The fourth-order valence-electron chi connectivity index (χ4n) is 3.81. The van der Waals surface area contributed by atoms with Crippen molar-refractivity contribution in [3.8, 4) is 0 Å². The highest BCUT2D eigenvalue weighted by Gasteiger charge is 2.45. The normalized spacial score (nSPS) is 15.6. The molecule has 4 N–H and O–H groups in total. The van der Waals surface area contributed by atoms with E-state index in [1.807, 2.05) is 20.8 Å². The maximum absolute atomic E-state index is 13.7. The number of urea groups is 1. The second-order valence-corrected chi connectivity index (χ2v) is 11.8. The van der Waals surface area contributed by atoms with Crippen molar-refractivity contribution in [2.75, 3.05) is 30.3 Å². The van der Waals surface area contributed by atoms with Gasteiger partial charge in [-0.3, -0.25) is 19.7 Å². The number of amides is 5. The smallest absolute Gasteiger partial charge is 0.324 e. The van der Waals surface area contributed by atoms with Crippen molar-refractivity contribution in [3.05, 3.63) is 44.8 Å². The molecule has 0 radical (unpaired) electrons. The molecule has 9 nitrogen and oxygen atoms in total. The number of rotatable bonds is 5. The molecule has 5 amide bonds. The molecule has 0 bridgehead atoms. The van der Waals surface area contributed by atoms with Crippen LogP contribution in [0.2, 0.25) is 10.0 Å². The number of benzene rings is 1. The van der Waals surface area contributed by atoms with Crippen LogP contribution >= 0.6 is 34.5 Å².